The lowest BCUT2D eigenvalue weighted by atomic mass is 10.2. The van der Waals surface area contributed by atoms with Crippen LogP contribution in [0.3, 0.4) is 0 Å². The Balaban J connectivity index is 2.01. The molecule has 0 aliphatic heterocycles. The van der Waals surface area contributed by atoms with Gasteiger partial charge in [0.2, 0.25) is 15.9 Å². The average Bonchev–Trinajstić information content (AvgIpc) is 2.58. The summed E-state index contributed by atoms with van der Waals surface area (Å²) >= 11 is 11.4. The van der Waals surface area contributed by atoms with Gasteiger partial charge in [-0.05, 0) is 42.8 Å². The van der Waals surface area contributed by atoms with E-state index >= 15 is 0 Å². The van der Waals surface area contributed by atoms with Crippen LogP contribution in [0.4, 0.5) is 24.5 Å². The van der Waals surface area contributed by atoms with Crippen molar-refractivity contribution in [2.75, 3.05) is 22.4 Å². The highest BCUT2D eigenvalue weighted by atomic mass is 35.5. The van der Waals surface area contributed by atoms with Gasteiger partial charge in [-0.2, -0.15) is 13.2 Å². The van der Waals surface area contributed by atoms with E-state index in [0.717, 1.165) is 22.7 Å². The number of hydrogen-bond donors (Lipinski definition) is 1. The number of benzene rings is 2. The second-order valence-electron chi connectivity index (χ2n) is 6.16. The molecule has 1 amide bonds. The van der Waals surface area contributed by atoms with Crippen LogP contribution >= 0.6 is 23.2 Å². The molecule has 0 fully saturated rings. The fraction of sp³-hybridized carbons (Fsp3) is 0.278. The van der Waals surface area contributed by atoms with Crippen molar-refractivity contribution in [1.82, 2.24) is 0 Å². The van der Waals surface area contributed by atoms with E-state index in [2.05, 4.69) is 5.32 Å². The Morgan fingerprint density at radius 2 is 1.83 bits per heavy atom. The standard InChI is InChI=1S/C18H17Cl2F3N2O3S/c1-29(27,28)25(14-5-2-4-12(19)10-14)9-3-6-17(26)24-13-7-8-16(20)15(11-13)18(21,22)23/h2,4-5,7-8,10-11H,3,6,9H2,1H3,(H,24,26). The van der Waals surface area contributed by atoms with Crippen molar-refractivity contribution in [1.29, 1.82) is 0 Å². The monoisotopic (exact) mass is 468 g/mol. The van der Waals surface area contributed by atoms with Gasteiger partial charge in [-0.1, -0.05) is 29.3 Å². The molecule has 11 heteroatoms. The maximum Gasteiger partial charge on any atom is 0.417 e. The van der Waals surface area contributed by atoms with E-state index in [0.29, 0.717) is 10.7 Å². The highest BCUT2D eigenvalue weighted by molar-refractivity contribution is 7.92. The number of anilines is 2. The molecule has 0 radical (unpaired) electrons. The Hall–Kier alpha value is -1.97. The topological polar surface area (TPSA) is 66.5 Å². The molecule has 158 valence electrons. The van der Waals surface area contributed by atoms with Crippen molar-refractivity contribution in [2.45, 2.75) is 19.0 Å². The first-order chi connectivity index (χ1) is 13.4. The number of carbonyl (C=O) groups is 1. The summed E-state index contributed by atoms with van der Waals surface area (Å²) in [4.78, 5) is 12.1. The summed E-state index contributed by atoms with van der Waals surface area (Å²) in [5, 5.41) is 2.24. The highest BCUT2D eigenvalue weighted by Gasteiger charge is 2.33. The summed E-state index contributed by atoms with van der Waals surface area (Å²) < 4.78 is 63.9. The predicted octanol–water partition coefficient (Wildman–Crippen LogP) is 5.20. The van der Waals surface area contributed by atoms with Crippen LogP contribution in [0.1, 0.15) is 18.4 Å². The van der Waals surface area contributed by atoms with Crippen molar-refractivity contribution >= 4 is 50.5 Å². The minimum atomic E-state index is -4.65. The van der Waals surface area contributed by atoms with Gasteiger partial charge in [0.05, 0.1) is 22.5 Å². The zero-order valence-corrected chi connectivity index (χ0v) is 17.5. The Morgan fingerprint density at radius 1 is 1.14 bits per heavy atom. The van der Waals surface area contributed by atoms with Gasteiger partial charge in [0.25, 0.3) is 0 Å². The number of hydrogen-bond acceptors (Lipinski definition) is 3. The first-order valence-corrected chi connectivity index (χ1v) is 10.9. The number of sulfonamides is 1. The molecule has 2 aromatic carbocycles. The van der Waals surface area contributed by atoms with E-state index in [9.17, 15) is 26.4 Å². The quantitative estimate of drug-likeness (QED) is 0.607. The molecule has 0 unspecified atom stereocenters. The summed E-state index contributed by atoms with van der Waals surface area (Å²) in [6.07, 6.45) is -3.58. The van der Waals surface area contributed by atoms with E-state index in [1.807, 2.05) is 0 Å². The van der Waals surface area contributed by atoms with Crippen molar-refractivity contribution in [2.24, 2.45) is 0 Å². The Kier molecular flexibility index (Phi) is 7.42. The lowest BCUT2D eigenvalue weighted by Gasteiger charge is -2.22. The number of carbonyl (C=O) groups excluding carboxylic acids is 1. The predicted molar refractivity (Wildman–Crippen MR) is 108 cm³/mol. The first-order valence-electron chi connectivity index (χ1n) is 8.28. The molecule has 5 nitrogen and oxygen atoms in total. The van der Waals surface area contributed by atoms with Gasteiger partial charge in [0, 0.05) is 23.7 Å². The van der Waals surface area contributed by atoms with Crippen molar-refractivity contribution in [3.63, 3.8) is 0 Å². The number of halogens is 5. The van der Waals surface area contributed by atoms with Crippen molar-refractivity contribution in [3.8, 4) is 0 Å². The number of alkyl halides is 3. The van der Waals surface area contributed by atoms with Crippen LogP contribution in [0, 0.1) is 0 Å². The Morgan fingerprint density at radius 3 is 2.41 bits per heavy atom. The molecule has 0 saturated carbocycles. The molecular formula is C18H17Cl2F3N2O3S. The van der Waals surface area contributed by atoms with Gasteiger partial charge >= 0.3 is 6.18 Å². The normalized spacial score (nSPS) is 11.9. The molecule has 0 saturated heterocycles. The lowest BCUT2D eigenvalue weighted by Crippen LogP contribution is -2.31. The van der Waals surface area contributed by atoms with Crippen LogP contribution in [-0.2, 0) is 21.0 Å². The van der Waals surface area contributed by atoms with E-state index in [1.54, 1.807) is 18.2 Å². The summed E-state index contributed by atoms with van der Waals surface area (Å²) in [5.41, 5.74) is -0.754. The Labute approximate surface area is 176 Å². The van der Waals surface area contributed by atoms with Gasteiger partial charge in [-0.25, -0.2) is 8.42 Å². The molecule has 0 atom stereocenters. The van der Waals surface area contributed by atoms with Gasteiger partial charge in [0.1, 0.15) is 0 Å². The molecule has 1 N–H and O–H groups in total. The third-order valence-electron chi connectivity index (χ3n) is 3.82. The van der Waals surface area contributed by atoms with Gasteiger partial charge in [-0.3, -0.25) is 9.10 Å². The lowest BCUT2D eigenvalue weighted by molar-refractivity contribution is -0.137. The number of nitrogens with zero attached hydrogens (tertiary/aromatic N) is 1. The molecule has 0 aliphatic rings. The molecule has 0 aromatic heterocycles. The minimum Gasteiger partial charge on any atom is -0.326 e. The molecule has 0 bridgehead atoms. The van der Waals surface area contributed by atoms with Crippen LogP contribution in [0.5, 0.6) is 0 Å². The molecule has 29 heavy (non-hydrogen) atoms. The van der Waals surface area contributed by atoms with Gasteiger partial charge < -0.3 is 5.32 Å². The molecule has 0 heterocycles. The number of nitrogens with one attached hydrogen (secondary N) is 1. The van der Waals surface area contributed by atoms with Crippen LogP contribution < -0.4 is 9.62 Å². The smallest absolute Gasteiger partial charge is 0.326 e. The number of amides is 1. The van der Waals surface area contributed by atoms with E-state index < -0.39 is 32.7 Å². The maximum absolute atomic E-state index is 12.9. The average molecular weight is 469 g/mol. The highest BCUT2D eigenvalue weighted by Crippen LogP contribution is 2.36. The number of rotatable bonds is 7. The molecule has 0 aliphatic carbocycles. The third-order valence-corrected chi connectivity index (χ3v) is 5.58. The largest absolute Gasteiger partial charge is 0.417 e. The zero-order valence-electron chi connectivity index (χ0n) is 15.1. The van der Waals surface area contributed by atoms with E-state index in [4.69, 9.17) is 23.2 Å². The molecular weight excluding hydrogens is 452 g/mol. The summed E-state index contributed by atoms with van der Waals surface area (Å²) in [5.74, 6) is -0.556. The summed E-state index contributed by atoms with van der Waals surface area (Å²) in [6, 6.07) is 9.29. The fourth-order valence-electron chi connectivity index (χ4n) is 2.54. The molecule has 2 rings (SSSR count). The van der Waals surface area contributed by atoms with E-state index in [-0.39, 0.29) is 25.1 Å². The van der Waals surface area contributed by atoms with Crippen molar-refractivity contribution in [3.05, 3.63) is 58.1 Å². The second kappa shape index (κ2) is 9.23. The maximum atomic E-state index is 12.9. The summed E-state index contributed by atoms with van der Waals surface area (Å²) in [7, 11) is -3.61. The van der Waals surface area contributed by atoms with E-state index in [1.165, 1.54) is 12.1 Å². The van der Waals surface area contributed by atoms with Crippen molar-refractivity contribution < 1.29 is 26.4 Å². The van der Waals surface area contributed by atoms with Crippen LogP contribution in [0.15, 0.2) is 42.5 Å². The van der Waals surface area contributed by atoms with Gasteiger partial charge in [-0.15, -0.1) is 0 Å². The third kappa shape index (κ3) is 6.80. The van der Waals surface area contributed by atoms with Gasteiger partial charge in [0.15, 0.2) is 0 Å². The van der Waals surface area contributed by atoms with Crippen LogP contribution in [-0.4, -0.2) is 27.1 Å². The zero-order chi connectivity index (χ0) is 21.8. The fourth-order valence-corrected chi connectivity index (χ4v) is 3.91. The summed E-state index contributed by atoms with van der Waals surface area (Å²) in [6.45, 7) is 0.00101. The van der Waals surface area contributed by atoms with Crippen LogP contribution in [0.2, 0.25) is 10.0 Å². The molecule has 0 spiro atoms. The minimum absolute atomic E-state index is 0.00101. The first kappa shape index (κ1) is 23.3. The second-order valence-corrected chi connectivity index (χ2v) is 8.91. The molecule has 2 aromatic rings. The Bertz CT molecular complexity index is 998. The SMILES string of the molecule is CS(=O)(=O)N(CCCC(=O)Nc1ccc(Cl)c(C(F)(F)F)c1)c1cccc(Cl)c1. The van der Waals surface area contributed by atoms with Crippen LogP contribution in [0.25, 0.3) is 0 Å².